The molecular formula is C23H21F2N9. The second-order valence-corrected chi connectivity index (χ2v) is 9.32. The number of aromatic amines is 2. The van der Waals surface area contributed by atoms with Crippen molar-refractivity contribution in [2.75, 3.05) is 23.3 Å². The maximum Gasteiger partial charge on any atom is 0.223 e. The predicted octanol–water partition coefficient (Wildman–Crippen LogP) is 2.69. The van der Waals surface area contributed by atoms with Gasteiger partial charge in [0.2, 0.25) is 5.95 Å². The first-order valence-electron chi connectivity index (χ1n) is 11.3. The number of H-pyrrole nitrogens is 2. The summed E-state index contributed by atoms with van der Waals surface area (Å²) in [5.74, 6) is 2.20. The van der Waals surface area contributed by atoms with Gasteiger partial charge in [-0.05, 0) is 54.0 Å². The first-order chi connectivity index (χ1) is 16.6. The molecule has 0 amide bonds. The summed E-state index contributed by atoms with van der Waals surface area (Å²) in [6.07, 6.45) is 6.54. The highest BCUT2D eigenvalue weighted by molar-refractivity contribution is 5.56. The summed E-state index contributed by atoms with van der Waals surface area (Å²) in [4.78, 5) is 19.2. The largest absolute Gasteiger partial charge is 0.356 e. The molecule has 2 atom stereocenters. The van der Waals surface area contributed by atoms with E-state index in [2.05, 4.69) is 45.6 Å². The molecule has 1 saturated carbocycles. The van der Waals surface area contributed by atoms with E-state index >= 15 is 0 Å². The average Bonchev–Trinajstić information content (AvgIpc) is 3.45. The molecule has 9 nitrogen and oxygen atoms in total. The molecule has 0 bridgehead atoms. The SMILES string of the molecule is Fc1cc2c(cc1F)CC(Nc1nccc(-c3ncc(N4CC5C(C4)C5c4cn[nH]n4)[nH]3)n1)C2. The van der Waals surface area contributed by atoms with Crippen LogP contribution in [0.15, 0.2) is 36.8 Å². The first kappa shape index (κ1) is 19.6. The second-order valence-electron chi connectivity index (χ2n) is 9.32. The van der Waals surface area contributed by atoms with Gasteiger partial charge < -0.3 is 15.2 Å². The number of hydrogen-bond donors (Lipinski definition) is 3. The van der Waals surface area contributed by atoms with Crippen molar-refractivity contribution in [3.8, 4) is 11.5 Å². The van der Waals surface area contributed by atoms with Crippen LogP contribution in [0.5, 0.6) is 0 Å². The van der Waals surface area contributed by atoms with Gasteiger partial charge in [0.15, 0.2) is 17.5 Å². The molecule has 3 N–H and O–H groups in total. The lowest BCUT2D eigenvalue weighted by molar-refractivity contribution is 0.507. The standard InChI is InChI=1S/C23H21F2N9/c24-16-5-11-3-13(4-12(11)6-17(16)25)29-23-26-2-1-18(30-23)22-27-8-20(31-22)34-9-14-15(10-34)21(14)19-7-28-33-32-19/h1-2,5-8,13-15,21H,3-4,9-10H2,(H,27,31)(H,26,29,30)(H,28,32,33). The number of nitrogens with one attached hydrogen (secondary N) is 3. The lowest BCUT2D eigenvalue weighted by Gasteiger charge is -2.19. The maximum absolute atomic E-state index is 13.5. The van der Waals surface area contributed by atoms with Gasteiger partial charge in [-0.15, -0.1) is 0 Å². The van der Waals surface area contributed by atoms with Crippen LogP contribution < -0.4 is 10.2 Å². The number of rotatable bonds is 5. The van der Waals surface area contributed by atoms with E-state index in [1.54, 1.807) is 6.20 Å². The van der Waals surface area contributed by atoms with Gasteiger partial charge in [-0.25, -0.2) is 23.7 Å². The van der Waals surface area contributed by atoms with E-state index in [4.69, 9.17) is 0 Å². The fraction of sp³-hybridized carbons (Fsp3) is 0.348. The third-order valence-corrected chi connectivity index (χ3v) is 7.28. The lowest BCUT2D eigenvalue weighted by atomic mass is 10.1. The molecule has 4 aromatic rings. The highest BCUT2D eigenvalue weighted by atomic mass is 19.2. The van der Waals surface area contributed by atoms with Crippen LogP contribution >= 0.6 is 0 Å². The molecule has 172 valence electrons. The topological polar surface area (TPSA) is 111 Å². The summed E-state index contributed by atoms with van der Waals surface area (Å²) in [5, 5.41) is 14.2. The van der Waals surface area contributed by atoms with Gasteiger partial charge in [0.05, 0.1) is 18.1 Å². The average molecular weight is 461 g/mol. The number of benzene rings is 1. The number of aromatic nitrogens is 7. The molecule has 1 aliphatic heterocycles. The minimum atomic E-state index is -0.810. The van der Waals surface area contributed by atoms with E-state index < -0.39 is 11.6 Å². The zero-order valence-electron chi connectivity index (χ0n) is 18.0. The Morgan fingerprint density at radius 1 is 1.00 bits per heavy atom. The Morgan fingerprint density at radius 2 is 1.76 bits per heavy atom. The third-order valence-electron chi connectivity index (χ3n) is 7.28. The summed E-state index contributed by atoms with van der Waals surface area (Å²) in [6, 6.07) is 4.35. The molecule has 3 aliphatic rings. The van der Waals surface area contributed by atoms with Crippen LogP contribution in [0.25, 0.3) is 11.5 Å². The number of imidazole rings is 1. The van der Waals surface area contributed by atoms with Crippen LogP contribution in [0.4, 0.5) is 20.5 Å². The van der Waals surface area contributed by atoms with Gasteiger partial charge in [-0.2, -0.15) is 15.4 Å². The van der Waals surface area contributed by atoms with E-state index in [0.717, 1.165) is 35.7 Å². The van der Waals surface area contributed by atoms with E-state index in [1.807, 2.05) is 18.5 Å². The molecule has 0 spiro atoms. The summed E-state index contributed by atoms with van der Waals surface area (Å²) in [6.45, 7) is 1.92. The molecule has 0 radical (unpaired) electrons. The summed E-state index contributed by atoms with van der Waals surface area (Å²) in [7, 11) is 0. The van der Waals surface area contributed by atoms with Crippen molar-refractivity contribution < 1.29 is 8.78 Å². The van der Waals surface area contributed by atoms with E-state index in [-0.39, 0.29) is 6.04 Å². The Kier molecular flexibility index (Phi) is 4.20. The number of piperidine rings is 1. The van der Waals surface area contributed by atoms with Crippen LogP contribution in [-0.2, 0) is 12.8 Å². The van der Waals surface area contributed by atoms with Gasteiger partial charge in [0.1, 0.15) is 11.5 Å². The Labute approximate surface area is 193 Å². The van der Waals surface area contributed by atoms with Crippen molar-refractivity contribution in [1.29, 1.82) is 0 Å². The number of nitrogens with zero attached hydrogens (tertiary/aromatic N) is 6. The quantitative estimate of drug-likeness (QED) is 0.419. The number of anilines is 2. The Balaban J connectivity index is 1.02. The van der Waals surface area contributed by atoms with E-state index in [0.29, 0.717) is 48.1 Å². The molecule has 2 aliphatic carbocycles. The molecule has 1 aromatic carbocycles. The molecule has 3 aromatic heterocycles. The molecular weight excluding hydrogens is 440 g/mol. The van der Waals surface area contributed by atoms with Crippen molar-refractivity contribution in [3.05, 3.63) is 65.2 Å². The Bertz CT molecular complexity index is 1330. The highest BCUT2D eigenvalue weighted by Crippen LogP contribution is 2.57. The smallest absolute Gasteiger partial charge is 0.223 e. The van der Waals surface area contributed by atoms with E-state index in [1.165, 1.54) is 12.1 Å². The minimum absolute atomic E-state index is 0.0207. The summed E-state index contributed by atoms with van der Waals surface area (Å²) < 4.78 is 27.1. The molecule has 1 saturated heterocycles. The number of hydrogen-bond acceptors (Lipinski definition) is 7. The molecule has 2 unspecified atom stereocenters. The Morgan fingerprint density at radius 3 is 2.47 bits per heavy atom. The maximum atomic E-state index is 13.5. The fourth-order valence-electron chi connectivity index (χ4n) is 5.59. The second kappa shape index (κ2) is 7.31. The van der Waals surface area contributed by atoms with Crippen LogP contribution in [0, 0.1) is 23.5 Å². The molecule has 34 heavy (non-hydrogen) atoms. The van der Waals surface area contributed by atoms with Crippen molar-refractivity contribution in [2.45, 2.75) is 24.8 Å². The van der Waals surface area contributed by atoms with Gasteiger partial charge in [0, 0.05) is 31.2 Å². The van der Waals surface area contributed by atoms with Gasteiger partial charge in [-0.3, -0.25) is 0 Å². The van der Waals surface area contributed by atoms with Gasteiger partial charge in [-0.1, -0.05) is 0 Å². The van der Waals surface area contributed by atoms with Crippen LogP contribution in [0.2, 0.25) is 0 Å². The molecule has 7 rings (SSSR count). The summed E-state index contributed by atoms with van der Waals surface area (Å²) >= 11 is 0. The van der Waals surface area contributed by atoms with Crippen molar-refractivity contribution in [3.63, 3.8) is 0 Å². The predicted molar refractivity (Wildman–Crippen MR) is 119 cm³/mol. The van der Waals surface area contributed by atoms with Crippen LogP contribution in [0.1, 0.15) is 22.7 Å². The third kappa shape index (κ3) is 3.22. The highest BCUT2D eigenvalue weighted by Gasteiger charge is 2.57. The van der Waals surface area contributed by atoms with Crippen molar-refractivity contribution in [2.24, 2.45) is 11.8 Å². The zero-order valence-corrected chi connectivity index (χ0v) is 18.0. The Hall–Kier alpha value is -3.89. The minimum Gasteiger partial charge on any atom is -0.356 e. The van der Waals surface area contributed by atoms with Crippen molar-refractivity contribution in [1.82, 2.24) is 35.3 Å². The normalized spacial score (nSPS) is 23.2. The van der Waals surface area contributed by atoms with Gasteiger partial charge in [0.25, 0.3) is 0 Å². The molecule has 4 heterocycles. The monoisotopic (exact) mass is 461 g/mol. The van der Waals surface area contributed by atoms with Crippen LogP contribution in [0.3, 0.4) is 0 Å². The zero-order chi connectivity index (χ0) is 22.8. The summed E-state index contributed by atoms with van der Waals surface area (Å²) in [5.41, 5.74) is 3.37. The van der Waals surface area contributed by atoms with E-state index in [9.17, 15) is 8.78 Å². The van der Waals surface area contributed by atoms with Crippen LogP contribution in [-0.4, -0.2) is 54.5 Å². The first-order valence-corrected chi connectivity index (χ1v) is 11.3. The fourth-order valence-corrected chi connectivity index (χ4v) is 5.59. The number of halogens is 2. The lowest BCUT2D eigenvalue weighted by Crippen LogP contribution is -2.24. The van der Waals surface area contributed by atoms with Crippen molar-refractivity contribution >= 4 is 11.8 Å². The van der Waals surface area contributed by atoms with Gasteiger partial charge >= 0.3 is 0 Å². The molecule has 2 fully saturated rings. The number of fused-ring (bicyclic) bond motifs is 2. The molecule has 11 heteroatoms.